The Morgan fingerprint density at radius 1 is 0.957 bits per heavy atom. The highest BCUT2D eigenvalue weighted by atomic mass is 16.5. The number of hydrogen-bond acceptors (Lipinski definition) is 2. The van der Waals surface area contributed by atoms with E-state index in [0.717, 1.165) is 34.0 Å². The van der Waals surface area contributed by atoms with Gasteiger partial charge in [0.2, 0.25) is 0 Å². The van der Waals surface area contributed by atoms with E-state index in [2.05, 4.69) is 6.92 Å². The van der Waals surface area contributed by atoms with Crippen LogP contribution in [0.3, 0.4) is 0 Å². The predicted molar refractivity (Wildman–Crippen MR) is 94.6 cm³/mol. The molecule has 0 amide bonds. The molecule has 0 spiro atoms. The number of aromatic nitrogens is 1. The maximum Gasteiger partial charge on any atom is 0.258 e. The first-order chi connectivity index (χ1) is 11.2. The topological polar surface area (TPSA) is 31.2 Å². The molecule has 23 heavy (non-hydrogen) atoms. The van der Waals surface area contributed by atoms with E-state index in [1.165, 1.54) is 0 Å². The summed E-state index contributed by atoms with van der Waals surface area (Å²) in [5.74, 6) is 0. The summed E-state index contributed by atoms with van der Waals surface area (Å²) in [6.45, 7) is 3.31. The largest absolute Gasteiger partial charge is 0.377 e. The third-order valence-electron chi connectivity index (χ3n) is 4.05. The lowest BCUT2D eigenvalue weighted by Gasteiger charge is -2.17. The van der Waals surface area contributed by atoms with Crippen LogP contribution >= 0.6 is 0 Å². The second-order valence-corrected chi connectivity index (χ2v) is 5.66. The zero-order valence-corrected chi connectivity index (χ0v) is 13.6. The lowest BCUT2D eigenvalue weighted by atomic mass is 9.99. The summed E-state index contributed by atoms with van der Waals surface area (Å²) < 4.78 is 7.56. The van der Waals surface area contributed by atoms with Gasteiger partial charge in [0.25, 0.3) is 5.56 Å². The lowest BCUT2D eigenvalue weighted by molar-refractivity contribution is 0.122. The smallest absolute Gasteiger partial charge is 0.258 e. The van der Waals surface area contributed by atoms with E-state index < -0.39 is 0 Å². The van der Waals surface area contributed by atoms with Gasteiger partial charge < -0.3 is 9.30 Å². The van der Waals surface area contributed by atoms with Crippen LogP contribution < -0.4 is 5.56 Å². The lowest BCUT2D eigenvalue weighted by Crippen LogP contribution is -2.21. The molecule has 1 heterocycles. The van der Waals surface area contributed by atoms with Gasteiger partial charge in [-0.15, -0.1) is 0 Å². The molecule has 0 N–H and O–H groups in total. The van der Waals surface area contributed by atoms with E-state index in [-0.39, 0.29) is 5.56 Å². The molecule has 0 unspecified atom stereocenters. The molecule has 0 bridgehead atoms. The normalized spacial score (nSPS) is 11.0. The van der Waals surface area contributed by atoms with Crippen molar-refractivity contribution in [3.8, 4) is 11.3 Å². The van der Waals surface area contributed by atoms with Crippen molar-refractivity contribution in [3.05, 3.63) is 70.5 Å². The van der Waals surface area contributed by atoms with Crippen molar-refractivity contribution < 1.29 is 4.74 Å². The monoisotopic (exact) mass is 307 g/mol. The molecule has 0 saturated heterocycles. The molecular weight excluding hydrogens is 286 g/mol. The van der Waals surface area contributed by atoms with E-state index in [1.807, 2.05) is 61.6 Å². The van der Waals surface area contributed by atoms with Gasteiger partial charge in [0.15, 0.2) is 0 Å². The molecule has 3 nitrogen and oxygen atoms in total. The molecule has 0 radical (unpaired) electrons. The Labute approximate surface area is 136 Å². The highest BCUT2D eigenvalue weighted by Crippen LogP contribution is 2.28. The van der Waals surface area contributed by atoms with E-state index in [9.17, 15) is 4.79 Å². The minimum Gasteiger partial charge on any atom is -0.377 e. The third-order valence-corrected chi connectivity index (χ3v) is 4.05. The number of rotatable bonds is 5. The number of ether oxygens (including phenoxy) is 1. The zero-order valence-electron chi connectivity index (χ0n) is 13.6. The van der Waals surface area contributed by atoms with Crippen LogP contribution in [0.15, 0.2) is 59.4 Å². The van der Waals surface area contributed by atoms with E-state index in [4.69, 9.17) is 4.74 Å². The molecule has 0 aliphatic heterocycles. The van der Waals surface area contributed by atoms with Gasteiger partial charge >= 0.3 is 0 Å². The minimum absolute atomic E-state index is 0.0266. The molecule has 0 saturated carbocycles. The Morgan fingerprint density at radius 2 is 1.61 bits per heavy atom. The van der Waals surface area contributed by atoms with Crippen molar-refractivity contribution in [1.29, 1.82) is 0 Å². The third kappa shape index (κ3) is 2.92. The molecule has 3 rings (SSSR count). The zero-order chi connectivity index (χ0) is 16.2. The van der Waals surface area contributed by atoms with Gasteiger partial charge in [-0.25, -0.2) is 0 Å². The van der Waals surface area contributed by atoms with Gasteiger partial charge in [-0.2, -0.15) is 0 Å². The fourth-order valence-electron chi connectivity index (χ4n) is 2.97. The average molecular weight is 307 g/mol. The second-order valence-electron chi connectivity index (χ2n) is 5.66. The van der Waals surface area contributed by atoms with E-state index in [0.29, 0.717) is 13.2 Å². The number of fused-ring (bicyclic) bond motifs is 1. The van der Waals surface area contributed by atoms with Gasteiger partial charge in [0.1, 0.15) is 0 Å². The van der Waals surface area contributed by atoms with Gasteiger partial charge in [-0.05, 0) is 23.4 Å². The van der Waals surface area contributed by atoms with Crippen molar-refractivity contribution in [2.75, 3.05) is 6.61 Å². The molecule has 0 aliphatic carbocycles. The van der Waals surface area contributed by atoms with Crippen LogP contribution in [-0.2, 0) is 18.4 Å². The number of hydrogen-bond donors (Lipinski definition) is 0. The molecule has 3 heteroatoms. The Hall–Kier alpha value is -2.39. The maximum atomic E-state index is 12.7. The van der Waals surface area contributed by atoms with Crippen LogP contribution in [-0.4, -0.2) is 11.2 Å². The Bertz CT molecular complexity index is 866. The summed E-state index contributed by atoms with van der Waals surface area (Å²) in [5, 5.41) is 1.72. The first-order valence-corrected chi connectivity index (χ1v) is 7.97. The second kappa shape index (κ2) is 6.80. The summed E-state index contributed by atoms with van der Waals surface area (Å²) in [6, 6.07) is 17.8. The molecule has 0 atom stereocenters. The Balaban J connectivity index is 2.30. The van der Waals surface area contributed by atoms with Crippen LogP contribution in [0.2, 0.25) is 0 Å². The summed E-state index contributed by atoms with van der Waals surface area (Å²) >= 11 is 0. The van der Waals surface area contributed by atoms with Gasteiger partial charge in [-0.3, -0.25) is 4.79 Å². The van der Waals surface area contributed by atoms with Crippen LogP contribution in [0.25, 0.3) is 22.0 Å². The highest BCUT2D eigenvalue weighted by molar-refractivity contribution is 5.89. The van der Waals surface area contributed by atoms with Crippen molar-refractivity contribution in [1.82, 2.24) is 4.57 Å². The molecule has 2 aromatic carbocycles. The molecular formula is C20H21NO2. The van der Waals surface area contributed by atoms with Crippen molar-refractivity contribution in [3.63, 3.8) is 0 Å². The van der Waals surface area contributed by atoms with Gasteiger partial charge in [-0.1, -0.05) is 55.5 Å². The van der Waals surface area contributed by atoms with Crippen LogP contribution in [0.5, 0.6) is 0 Å². The number of nitrogens with zero attached hydrogens (tertiary/aromatic N) is 1. The van der Waals surface area contributed by atoms with Crippen molar-refractivity contribution in [2.24, 2.45) is 7.05 Å². The first-order valence-electron chi connectivity index (χ1n) is 7.97. The fraction of sp³-hybridized carbons (Fsp3) is 0.250. The number of benzene rings is 2. The Kier molecular flexibility index (Phi) is 4.58. The predicted octanol–water partition coefficient (Wildman–Crippen LogP) is 4.13. The van der Waals surface area contributed by atoms with E-state index in [1.54, 1.807) is 4.57 Å². The van der Waals surface area contributed by atoms with Crippen LogP contribution in [0, 0.1) is 0 Å². The van der Waals surface area contributed by atoms with Crippen LogP contribution in [0.4, 0.5) is 0 Å². The average Bonchev–Trinajstić information content (AvgIpc) is 2.60. The highest BCUT2D eigenvalue weighted by Gasteiger charge is 2.15. The van der Waals surface area contributed by atoms with Gasteiger partial charge in [0, 0.05) is 24.6 Å². The van der Waals surface area contributed by atoms with Gasteiger partial charge in [0.05, 0.1) is 12.3 Å². The quantitative estimate of drug-likeness (QED) is 0.664. The first kappa shape index (κ1) is 15.5. The SMILES string of the molecule is CCCOCc1c(-c2ccccc2)n(C)c(=O)c2ccccc12. The molecule has 118 valence electrons. The fourth-order valence-corrected chi connectivity index (χ4v) is 2.97. The Morgan fingerprint density at radius 3 is 2.30 bits per heavy atom. The minimum atomic E-state index is 0.0266. The standard InChI is InChI=1S/C20H21NO2/c1-3-13-23-14-18-16-11-7-8-12-17(16)20(22)21(2)19(18)15-9-5-4-6-10-15/h4-12H,3,13-14H2,1-2H3. The van der Waals surface area contributed by atoms with Crippen molar-refractivity contribution >= 4 is 10.8 Å². The number of pyridine rings is 1. The summed E-state index contributed by atoms with van der Waals surface area (Å²) in [6.07, 6.45) is 0.977. The van der Waals surface area contributed by atoms with Crippen LogP contribution in [0.1, 0.15) is 18.9 Å². The van der Waals surface area contributed by atoms with Crippen molar-refractivity contribution in [2.45, 2.75) is 20.0 Å². The molecule has 0 fully saturated rings. The summed E-state index contributed by atoms with van der Waals surface area (Å²) in [5.41, 5.74) is 3.07. The maximum absolute atomic E-state index is 12.7. The summed E-state index contributed by atoms with van der Waals surface area (Å²) in [7, 11) is 1.83. The summed E-state index contributed by atoms with van der Waals surface area (Å²) in [4.78, 5) is 12.7. The molecule has 1 aromatic heterocycles. The van der Waals surface area contributed by atoms with E-state index >= 15 is 0 Å². The molecule has 3 aromatic rings. The molecule has 0 aliphatic rings.